The van der Waals surface area contributed by atoms with E-state index in [2.05, 4.69) is 26.0 Å². The van der Waals surface area contributed by atoms with Crippen molar-refractivity contribution in [3.63, 3.8) is 0 Å². The minimum absolute atomic E-state index is 0.231. The molecule has 0 bridgehead atoms. The summed E-state index contributed by atoms with van der Waals surface area (Å²) in [6.45, 7) is 6.47. The van der Waals surface area contributed by atoms with Gasteiger partial charge in [0, 0.05) is 12.5 Å². The summed E-state index contributed by atoms with van der Waals surface area (Å²) in [5, 5.41) is 0. The maximum absolute atomic E-state index is 10.8. The fourth-order valence-electron chi connectivity index (χ4n) is 3.43. The van der Waals surface area contributed by atoms with Crippen molar-refractivity contribution in [3.8, 4) is 22.6 Å². The highest BCUT2D eigenvalue weighted by atomic mass is 16.6. The Kier molecular flexibility index (Phi) is 7.44. The first-order valence-electron chi connectivity index (χ1n) is 10.1. The maximum atomic E-state index is 10.8. The molecule has 0 unspecified atom stereocenters. The van der Waals surface area contributed by atoms with Crippen LogP contribution in [0, 0.1) is 13.8 Å². The Balaban J connectivity index is 1.70. The molecule has 3 rings (SSSR count). The number of ether oxygens (including phenoxy) is 3. The number of esters is 1. The van der Waals surface area contributed by atoms with Crippen LogP contribution in [0.5, 0.6) is 11.5 Å². The second-order valence-corrected chi connectivity index (χ2v) is 7.30. The first kappa shape index (κ1) is 22.1. The Hall–Kier alpha value is -3.60. The quantitative estimate of drug-likeness (QED) is 0.268. The summed E-state index contributed by atoms with van der Waals surface area (Å²) in [5.41, 5.74) is 6.15. The number of aldehydes is 1. The standard InChI is InChI=1S/C26H26O5/c1-18-13-25(30-12-11-29-20(3)28)14-19(2)26(18)23-6-4-5-22(15-23)17-31-24-9-7-21(16-27)8-10-24/h4-10,13-16H,11-12,17H2,1-3H3. The molecule has 5 nitrogen and oxygen atoms in total. The van der Waals surface area contributed by atoms with Crippen LogP contribution in [-0.2, 0) is 16.1 Å². The third kappa shape index (κ3) is 6.19. The third-order valence-electron chi connectivity index (χ3n) is 4.80. The smallest absolute Gasteiger partial charge is 0.302 e. The number of rotatable bonds is 9. The van der Waals surface area contributed by atoms with Crippen LogP contribution in [0.3, 0.4) is 0 Å². The monoisotopic (exact) mass is 418 g/mol. The number of benzene rings is 3. The summed E-state index contributed by atoms with van der Waals surface area (Å²) in [4.78, 5) is 21.6. The van der Waals surface area contributed by atoms with Gasteiger partial charge in [0.2, 0.25) is 0 Å². The van der Waals surface area contributed by atoms with Crippen molar-refractivity contribution < 1.29 is 23.8 Å². The molecule has 3 aromatic rings. The Bertz CT molecular complexity index is 1030. The van der Waals surface area contributed by atoms with Gasteiger partial charge in [-0.1, -0.05) is 18.2 Å². The van der Waals surface area contributed by atoms with E-state index < -0.39 is 0 Å². The van der Waals surface area contributed by atoms with E-state index >= 15 is 0 Å². The number of hydrogen-bond acceptors (Lipinski definition) is 5. The molecule has 0 heterocycles. The lowest BCUT2D eigenvalue weighted by Gasteiger charge is -2.15. The van der Waals surface area contributed by atoms with Gasteiger partial charge in [-0.3, -0.25) is 9.59 Å². The minimum atomic E-state index is -0.312. The summed E-state index contributed by atoms with van der Waals surface area (Å²) >= 11 is 0. The van der Waals surface area contributed by atoms with E-state index in [4.69, 9.17) is 14.2 Å². The van der Waals surface area contributed by atoms with Crippen molar-refractivity contribution in [2.45, 2.75) is 27.4 Å². The molecule has 0 saturated heterocycles. The molecule has 3 aromatic carbocycles. The van der Waals surface area contributed by atoms with Crippen LogP contribution in [0.1, 0.15) is 34.0 Å². The van der Waals surface area contributed by atoms with E-state index in [0.29, 0.717) is 18.8 Å². The molecule has 160 valence electrons. The SMILES string of the molecule is CC(=O)OCCOc1cc(C)c(-c2cccc(COc3ccc(C=O)cc3)c2)c(C)c1. The van der Waals surface area contributed by atoms with Gasteiger partial charge in [0.15, 0.2) is 0 Å². The molecule has 0 radical (unpaired) electrons. The fraction of sp³-hybridized carbons (Fsp3) is 0.231. The third-order valence-corrected chi connectivity index (χ3v) is 4.80. The zero-order valence-electron chi connectivity index (χ0n) is 18.0. The zero-order chi connectivity index (χ0) is 22.2. The van der Waals surface area contributed by atoms with Gasteiger partial charge in [-0.15, -0.1) is 0 Å². The maximum Gasteiger partial charge on any atom is 0.302 e. The molecule has 0 aromatic heterocycles. The summed E-state index contributed by atoms with van der Waals surface area (Å²) in [6.07, 6.45) is 0.814. The average molecular weight is 418 g/mol. The summed E-state index contributed by atoms with van der Waals surface area (Å²) in [6, 6.07) is 19.3. The van der Waals surface area contributed by atoms with E-state index in [1.54, 1.807) is 24.3 Å². The van der Waals surface area contributed by atoms with Crippen LogP contribution in [-0.4, -0.2) is 25.5 Å². The Morgan fingerprint density at radius 2 is 1.58 bits per heavy atom. The second-order valence-electron chi connectivity index (χ2n) is 7.30. The molecule has 0 atom stereocenters. The van der Waals surface area contributed by atoms with Crippen LogP contribution in [0.4, 0.5) is 0 Å². The predicted octanol–water partition coefficient (Wildman–Crippen LogP) is 5.30. The highest BCUT2D eigenvalue weighted by Crippen LogP contribution is 2.31. The average Bonchev–Trinajstić information content (AvgIpc) is 2.75. The first-order valence-corrected chi connectivity index (χ1v) is 10.1. The molecule has 0 aliphatic carbocycles. The molecule has 0 spiro atoms. The van der Waals surface area contributed by atoms with Crippen molar-refractivity contribution in [2.24, 2.45) is 0 Å². The molecule has 5 heteroatoms. The van der Waals surface area contributed by atoms with Crippen molar-refractivity contribution >= 4 is 12.3 Å². The molecular formula is C26H26O5. The van der Waals surface area contributed by atoms with Crippen LogP contribution < -0.4 is 9.47 Å². The zero-order valence-corrected chi connectivity index (χ0v) is 18.0. The number of aryl methyl sites for hydroxylation is 2. The van der Waals surface area contributed by atoms with Gasteiger partial charge in [0.05, 0.1) is 0 Å². The van der Waals surface area contributed by atoms with Crippen LogP contribution >= 0.6 is 0 Å². The molecule has 0 saturated carbocycles. The van der Waals surface area contributed by atoms with Gasteiger partial charge in [-0.2, -0.15) is 0 Å². The van der Waals surface area contributed by atoms with Crippen LogP contribution in [0.15, 0.2) is 60.7 Å². The molecule has 0 aliphatic rings. The van der Waals surface area contributed by atoms with Crippen molar-refractivity contribution in [1.82, 2.24) is 0 Å². The summed E-state index contributed by atoms with van der Waals surface area (Å²) < 4.78 is 16.5. The fourth-order valence-corrected chi connectivity index (χ4v) is 3.43. The van der Waals surface area contributed by atoms with E-state index in [9.17, 15) is 9.59 Å². The normalized spacial score (nSPS) is 10.4. The molecule has 0 amide bonds. The molecule has 0 N–H and O–H groups in total. The number of hydrogen-bond donors (Lipinski definition) is 0. The van der Waals surface area contributed by atoms with Gasteiger partial charge >= 0.3 is 5.97 Å². The predicted molar refractivity (Wildman–Crippen MR) is 120 cm³/mol. The lowest BCUT2D eigenvalue weighted by Crippen LogP contribution is -2.09. The lowest BCUT2D eigenvalue weighted by atomic mass is 9.94. The largest absolute Gasteiger partial charge is 0.490 e. The van der Waals surface area contributed by atoms with E-state index in [1.807, 2.05) is 24.3 Å². The second kappa shape index (κ2) is 10.4. The van der Waals surface area contributed by atoms with Gasteiger partial charge in [-0.25, -0.2) is 0 Å². The Morgan fingerprint density at radius 1 is 0.871 bits per heavy atom. The van der Waals surface area contributed by atoms with E-state index in [1.165, 1.54) is 6.92 Å². The topological polar surface area (TPSA) is 61.8 Å². The molecular weight excluding hydrogens is 392 g/mol. The Morgan fingerprint density at radius 3 is 2.23 bits per heavy atom. The highest BCUT2D eigenvalue weighted by Gasteiger charge is 2.10. The molecule has 31 heavy (non-hydrogen) atoms. The van der Waals surface area contributed by atoms with Crippen LogP contribution in [0.25, 0.3) is 11.1 Å². The van der Waals surface area contributed by atoms with Crippen molar-refractivity contribution in [2.75, 3.05) is 13.2 Å². The highest BCUT2D eigenvalue weighted by molar-refractivity contribution is 5.75. The first-order chi connectivity index (χ1) is 15.0. The summed E-state index contributed by atoms with van der Waals surface area (Å²) in [5.74, 6) is 1.16. The molecule has 0 aliphatic heterocycles. The molecule has 0 fully saturated rings. The Labute approximate surface area is 182 Å². The minimum Gasteiger partial charge on any atom is -0.490 e. The number of carbonyl (C=O) groups is 2. The van der Waals surface area contributed by atoms with E-state index in [0.717, 1.165) is 45.6 Å². The number of carbonyl (C=O) groups excluding carboxylic acids is 2. The van der Waals surface area contributed by atoms with Gasteiger partial charge in [0.1, 0.15) is 37.6 Å². The summed E-state index contributed by atoms with van der Waals surface area (Å²) in [7, 11) is 0. The van der Waals surface area contributed by atoms with Gasteiger partial charge in [0.25, 0.3) is 0 Å². The van der Waals surface area contributed by atoms with Gasteiger partial charge in [-0.05, 0) is 84.1 Å². The van der Waals surface area contributed by atoms with Gasteiger partial charge < -0.3 is 14.2 Å². The van der Waals surface area contributed by atoms with Crippen LogP contribution in [0.2, 0.25) is 0 Å². The lowest BCUT2D eigenvalue weighted by molar-refractivity contribution is -0.141. The van der Waals surface area contributed by atoms with Crippen molar-refractivity contribution in [1.29, 1.82) is 0 Å². The van der Waals surface area contributed by atoms with Crippen molar-refractivity contribution in [3.05, 3.63) is 82.9 Å². The van der Waals surface area contributed by atoms with E-state index in [-0.39, 0.29) is 12.6 Å².